The van der Waals surface area contributed by atoms with Crippen LogP contribution in [0.1, 0.15) is 29.6 Å². The summed E-state index contributed by atoms with van der Waals surface area (Å²) in [5.41, 5.74) is 2.66. The van der Waals surface area contributed by atoms with Gasteiger partial charge in [0.05, 0.1) is 5.39 Å². The van der Waals surface area contributed by atoms with Gasteiger partial charge in [-0.1, -0.05) is 0 Å². The van der Waals surface area contributed by atoms with Crippen LogP contribution in [0.4, 0.5) is 5.82 Å². The van der Waals surface area contributed by atoms with E-state index in [-0.39, 0.29) is 6.10 Å². The molecule has 0 saturated heterocycles. The molecular formula is C12H16N4OS. The lowest BCUT2D eigenvalue weighted by molar-refractivity contribution is 0.0776. The molecule has 1 saturated carbocycles. The highest BCUT2D eigenvalue weighted by Crippen LogP contribution is 2.42. The minimum absolute atomic E-state index is 0.0103. The van der Waals surface area contributed by atoms with Crippen LogP contribution in [0.15, 0.2) is 6.07 Å². The molecular weight excluding hydrogens is 248 g/mol. The number of hydrazine groups is 1. The number of methoxy groups -OCH3 is 1. The van der Waals surface area contributed by atoms with Crippen molar-refractivity contribution < 1.29 is 4.74 Å². The number of thiophene rings is 1. The lowest BCUT2D eigenvalue weighted by atomic mass is 10.2. The number of aromatic nitrogens is 2. The number of fused-ring (bicyclic) bond motifs is 1. The van der Waals surface area contributed by atoms with Crippen LogP contribution in [-0.4, -0.2) is 17.1 Å². The molecule has 2 aromatic rings. The Morgan fingerprint density at radius 1 is 1.50 bits per heavy atom. The maximum atomic E-state index is 5.55. The largest absolute Gasteiger partial charge is 0.373 e. The zero-order chi connectivity index (χ0) is 12.7. The fraction of sp³-hybridized carbons (Fsp3) is 0.500. The normalized spacial score (nSPS) is 17.1. The average molecular weight is 264 g/mol. The third-order valence-corrected chi connectivity index (χ3v) is 4.17. The van der Waals surface area contributed by atoms with E-state index in [1.54, 1.807) is 18.4 Å². The first-order valence-electron chi connectivity index (χ1n) is 6.00. The average Bonchev–Trinajstić information content (AvgIpc) is 3.10. The van der Waals surface area contributed by atoms with Crippen LogP contribution in [0.3, 0.4) is 0 Å². The standard InChI is InChI=1S/C12H16N4OS/c1-6-5-8-10(16-13)14-11(15-12(8)18-6)9(17-2)7-3-4-7/h5,7,9H,3-4,13H2,1-2H3,(H,14,15,16). The highest BCUT2D eigenvalue weighted by Gasteiger charge is 2.34. The van der Waals surface area contributed by atoms with Crippen LogP contribution in [-0.2, 0) is 4.74 Å². The number of nitrogens with one attached hydrogen (secondary N) is 1. The van der Waals surface area contributed by atoms with Crippen LogP contribution < -0.4 is 11.3 Å². The second kappa shape index (κ2) is 4.46. The van der Waals surface area contributed by atoms with Gasteiger partial charge in [0.15, 0.2) is 11.6 Å². The smallest absolute Gasteiger partial charge is 0.161 e. The molecule has 5 nitrogen and oxygen atoms in total. The molecule has 0 amide bonds. The van der Waals surface area contributed by atoms with E-state index in [1.807, 2.05) is 0 Å². The molecule has 0 radical (unpaired) electrons. The number of rotatable bonds is 4. The Morgan fingerprint density at radius 3 is 2.89 bits per heavy atom. The van der Waals surface area contributed by atoms with Crippen molar-refractivity contribution in [2.24, 2.45) is 11.8 Å². The number of nitrogens with two attached hydrogens (primary N) is 1. The van der Waals surface area contributed by atoms with Gasteiger partial charge in [-0.3, -0.25) is 0 Å². The van der Waals surface area contributed by atoms with Crippen molar-refractivity contribution in [1.29, 1.82) is 0 Å². The highest BCUT2D eigenvalue weighted by molar-refractivity contribution is 7.18. The zero-order valence-corrected chi connectivity index (χ0v) is 11.3. The summed E-state index contributed by atoms with van der Waals surface area (Å²) < 4.78 is 5.53. The van der Waals surface area contributed by atoms with E-state index in [1.165, 1.54) is 17.7 Å². The van der Waals surface area contributed by atoms with Crippen LogP contribution in [0, 0.1) is 12.8 Å². The number of nitrogen functional groups attached to an aromatic ring is 1. The Balaban J connectivity index is 2.11. The van der Waals surface area contributed by atoms with Crippen molar-refractivity contribution in [1.82, 2.24) is 9.97 Å². The molecule has 0 aliphatic heterocycles. The SMILES string of the molecule is COC(c1nc(NN)c2cc(C)sc2n1)C1CC1. The summed E-state index contributed by atoms with van der Waals surface area (Å²) in [7, 11) is 1.71. The Labute approximate surface area is 109 Å². The fourth-order valence-corrected chi connectivity index (χ4v) is 3.09. The number of hydrogen-bond acceptors (Lipinski definition) is 6. The van der Waals surface area contributed by atoms with Gasteiger partial charge in [0.1, 0.15) is 10.9 Å². The monoisotopic (exact) mass is 264 g/mol. The van der Waals surface area contributed by atoms with E-state index >= 15 is 0 Å². The summed E-state index contributed by atoms with van der Waals surface area (Å²) in [5.74, 6) is 7.53. The Kier molecular flexibility index (Phi) is 2.93. The summed E-state index contributed by atoms with van der Waals surface area (Å²) in [4.78, 5) is 11.3. The Hall–Kier alpha value is -1.24. The fourth-order valence-electron chi connectivity index (χ4n) is 2.20. The predicted molar refractivity (Wildman–Crippen MR) is 72.4 cm³/mol. The molecule has 3 rings (SSSR count). The van der Waals surface area contributed by atoms with Crippen LogP contribution in [0.5, 0.6) is 0 Å². The molecule has 1 aliphatic carbocycles. The maximum absolute atomic E-state index is 5.55. The molecule has 96 valence electrons. The van der Waals surface area contributed by atoms with Gasteiger partial charge in [-0.25, -0.2) is 15.8 Å². The lowest BCUT2D eigenvalue weighted by Gasteiger charge is -2.14. The molecule has 0 bridgehead atoms. The second-order valence-electron chi connectivity index (χ2n) is 4.64. The van der Waals surface area contributed by atoms with E-state index < -0.39 is 0 Å². The van der Waals surface area contributed by atoms with Crippen LogP contribution in [0.2, 0.25) is 0 Å². The maximum Gasteiger partial charge on any atom is 0.161 e. The summed E-state index contributed by atoms with van der Waals surface area (Å²) in [6.45, 7) is 2.06. The van der Waals surface area contributed by atoms with Crippen LogP contribution >= 0.6 is 11.3 Å². The number of aryl methyl sites for hydroxylation is 1. The van der Waals surface area contributed by atoms with E-state index in [2.05, 4.69) is 28.4 Å². The number of hydrogen-bond donors (Lipinski definition) is 2. The van der Waals surface area contributed by atoms with Crippen molar-refractivity contribution in [3.05, 3.63) is 16.8 Å². The summed E-state index contributed by atoms with van der Waals surface area (Å²) in [5, 5.41) is 0.981. The number of ether oxygens (including phenoxy) is 1. The third kappa shape index (κ3) is 1.96. The molecule has 1 aliphatic rings. The van der Waals surface area contributed by atoms with Gasteiger partial charge in [-0.15, -0.1) is 11.3 Å². The van der Waals surface area contributed by atoms with Gasteiger partial charge < -0.3 is 10.2 Å². The van der Waals surface area contributed by atoms with Crippen molar-refractivity contribution in [3.63, 3.8) is 0 Å². The van der Waals surface area contributed by atoms with Gasteiger partial charge in [0, 0.05) is 12.0 Å². The van der Waals surface area contributed by atoms with E-state index in [4.69, 9.17) is 10.6 Å². The molecule has 1 unspecified atom stereocenters. The second-order valence-corrected chi connectivity index (χ2v) is 5.88. The molecule has 6 heteroatoms. The number of anilines is 1. The van der Waals surface area contributed by atoms with E-state index in [9.17, 15) is 0 Å². The van der Waals surface area contributed by atoms with Crippen LogP contribution in [0.25, 0.3) is 10.2 Å². The molecule has 0 aromatic carbocycles. The van der Waals surface area contributed by atoms with Gasteiger partial charge in [-0.2, -0.15) is 0 Å². The van der Waals surface area contributed by atoms with E-state index in [0.717, 1.165) is 16.0 Å². The first-order chi connectivity index (χ1) is 8.72. The van der Waals surface area contributed by atoms with Crippen molar-refractivity contribution in [2.75, 3.05) is 12.5 Å². The Morgan fingerprint density at radius 2 is 2.28 bits per heavy atom. The molecule has 1 fully saturated rings. The number of nitrogens with zero attached hydrogens (tertiary/aromatic N) is 2. The molecule has 0 spiro atoms. The molecule has 2 aromatic heterocycles. The minimum atomic E-state index is -0.0103. The highest BCUT2D eigenvalue weighted by atomic mass is 32.1. The minimum Gasteiger partial charge on any atom is -0.373 e. The molecule has 3 N–H and O–H groups in total. The van der Waals surface area contributed by atoms with Gasteiger partial charge >= 0.3 is 0 Å². The molecule has 2 heterocycles. The summed E-state index contributed by atoms with van der Waals surface area (Å²) in [6.07, 6.45) is 2.37. The lowest BCUT2D eigenvalue weighted by Crippen LogP contribution is -2.14. The summed E-state index contributed by atoms with van der Waals surface area (Å²) >= 11 is 1.65. The first kappa shape index (κ1) is 11.8. The summed E-state index contributed by atoms with van der Waals surface area (Å²) in [6, 6.07) is 2.05. The van der Waals surface area contributed by atoms with Crippen molar-refractivity contribution in [2.45, 2.75) is 25.9 Å². The Bertz CT molecular complexity index is 579. The van der Waals surface area contributed by atoms with Gasteiger partial charge in [0.25, 0.3) is 0 Å². The molecule has 1 atom stereocenters. The zero-order valence-electron chi connectivity index (χ0n) is 10.4. The molecule has 18 heavy (non-hydrogen) atoms. The van der Waals surface area contributed by atoms with Crippen molar-refractivity contribution in [3.8, 4) is 0 Å². The predicted octanol–water partition coefficient (Wildman–Crippen LogP) is 2.38. The van der Waals surface area contributed by atoms with E-state index in [0.29, 0.717) is 11.7 Å². The first-order valence-corrected chi connectivity index (χ1v) is 6.82. The van der Waals surface area contributed by atoms with Gasteiger partial charge in [0.2, 0.25) is 0 Å². The van der Waals surface area contributed by atoms with Gasteiger partial charge in [-0.05, 0) is 31.7 Å². The van der Waals surface area contributed by atoms with Crippen molar-refractivity contribution >= 4 is 27.4 Å². The topological polar surface area (TPSA) is 73.1 Å². The third-order valence-electron chi connectivity index (χ3n) is 3.23. The quantitative estimate of drug-likeness (QED) is 0.655.